The van der Waals surface area contributed by atoms with Crippen LogP contribution < -0.4 is 0 Å². The first-order chi connectivity index (χ1) is 8.49. The molecule has 2 rings (SSSR count). The second kappa shape index (κ2) is 4.78. The maximum absolute atomic E-state index is 13.6. The first kappa shape index (κ1) is 12.6. The molecule has 0 radical (unpaired) electrons. The van der Waals surface area contributed by atoms with E-state index in [0.29, 0.717) is 4.47 Å². The van der Waals surface area contributed by atoms with Crippen molar-refractivity contribution in [2.24, 2.45) is 0 Å². The van der Waals surface area contributed by atoms with Crippen LogP contribution in [0.3, 0.4) is 0 Å². The molecule has 0 atom stereocenters. The quantitative estimate of drug-likeness (QED) is 0.890. The van der Waals surface area contributed by atoms with E-state index in [1.54, 1.807) is 6.07 Å². The summed E-state index contributed by atoms with van der Waals surface area (Å²) in [6.07, 6.45) is 0. The molecule has 0 bridgehead atoms. The van der Waals surface area contributed by atoms with Gasteiger partial charge in [-0.15, -0.1) is 0 Å². The van der Waals surface area contributed by atoms with Gasteiger partial charge in [-0.2, -0.15) is 0 Å². The Kier molecular flexibility index (Phi) is 3.34. The fourth-order valence-corrected chi connectivity index (χ4v) is 1.96. The number of hydrogen-bond donors (Lipinski definition) is 2. The smallest absolute Gasteiger partial charge is 0.335 e. The van der Waals surface area contributed by atoms with E-state index < -0.39 is 11.8 Å². The first-order valence-electron chi connectivity index (χ1n) is 5.01. The third kappa shape index (κ3) is 2.36. The van der Waals surface area contributed by atoms with Crippen molar-refractivity contribution in [1.82, 2.24) is 0 Å². The molecule has 0 aliphatic heterocycles. The van der Waals surface area contributed by atoms with Crippen molar-refractivity contribution in [3.05, 3.63) is 52.3 Å². The summed E-state index contributed by atoms with van der Waals surface area (Å²) in [7, 11) is 0. The largest absolute Gasteiger partial charge is 0.507 e. The number of phenols is 1. The summed E-state index contributed by atoms with van der Waals surface area (Å²) in [6, 6.07) is 8.12. The van der Waals surface area contributed by atoms with E-state index in [1.807, 2.05) is 0 Å². The zero-order valence-electron chi connectivity index (χ0n) is 9.02. The Hall–Kier alpha value is -1.88. The SMILES string of the molecule is O=C(O)c1ccc(-c2cc(Br)ccc2F)c(O)c1. The number of aromatic hydroxyl groups is 1. The molecule has 0 amide bonds. The lowest BCUT2D eigenvalue weighted by molar-refractivity contribution is 0.0696. The third-order valence-electron chi connectivity index (χ3n) is 2.46. The minimum atomic E-state index is -1.15. The van der Waals surface area contributed by atoms with Gasteiger partial charge in [0.15, 0.2) is 0 Å². The molecule has 2 aromatic carbocycles. The first-order valence-corrected chi connectivity index (χ1v) is 5.80. The molecule has 18 heavy (non-hydrogen) atoms. The molecule has 2 N–H and O–H groups in total. The number of aromatic carboxylic acids is 1. The number of benzene rings is 2. The van der Waals surface area contributed by atoms with Crippen molar-refractivity contribution in [3.8, 4) is 16.9 Å². The van der Waals surface area contributed by atoms with E-state index in [1.165, 1.54) is 24.3 Å². The standard InChI is InChI=1S/C13H8BrFO3/c14-8-2-4-11(15)10(6-8)9-3-1-7(13(17)18)5-12(9)16/h1-6,16H,(H,17,18). The van der Waals surface area contributed by atoms with Gasteiger partial charge in [-0.3, -0.25) is 0 Å². The summed E-state index contributed by atoms with van der Waals surface area (Å²) in [5.41, 5.74) is 0.407. The Morgan fingerprint density at radius 1 is 1.11 bits per heavy atom. The number of phenolic OH excluding ortho intramolecular Hbond substituents is 1. The van der Waals surface area contributed by atoms with Crippen molar-refractivity contribution in [3.63, 3.8) is 0 Å². The molecule has 2 aromatic rings. The summed E-state index contributed by atoms with van der Waals surface area (Å²) >= 11 is 3.21. The van der Waals surface area contributed by atoms with Gasteiger partial charge >= 0.3 is 5.97 Å². The second-order valence-corrected chi connectivity index (χ2v) is 4.58. The zero-order valence-corrected chi connectivity index (χ0v) is 10.6. The number of halogens is 2. The zero-order chi connectivity index (χ0) is 13.3. The molecular formula is C13H8BrFO3. The van der Waals surface area contributed by atoms with Gasteiger partial charge in [-0.25, -0.2) is 9.18 Å². The molecule has 0 spiro atoms. The van der Waals surface area contributed by atoms with Gasteiger partial charge in [0.1, 0.15) is 11.6 Å². The lowest BCUT2D eigenvalue weighted by atomic mass is 10.0. The molecule has 0 aliphatic rings. The average molecular weight is 311 g/mol. The van der Waals surface area contributed by atoms with Crippen LogP contribution in [0.4, 0.5) is 4.39 Å². The minimum absolute atomic E-state index is 0.0494. The topological polar surface area (TPSA) is 57.5 Å². The van der Waals surface area contributed by atoms with Gasteiger partial charge in [0.25, 0.3) is 0 Å². The lowest BCUT2D eigenvalue weighted by Gasteiger charge is -2.07. The highest BCUT2D eigenvalue weighted by Gasteiger charge is 2.12. The number of carbonyl (C=O) groups is 1. The molecule has 5 heteroatoms. The van der Waals surface area contributed by atoms with Crippen molar-refractivity contribution in [2.45, 2.75) is 0 Å². The minimum Gasteiger partial charge on any atom is -0.507 e. The summed E-state index contributed by atoms with van der Waals surface area (Å²) in [5.74, 6) is -1.91. The van der Waals surface area contributed by atoms with Crippen LogP contribution in [0.25, 0.3) is 11.1 Å². The predicted molar refractivity (Wildman–Crippen MR) is 68.2 cm³/mol. The Bertz CT molecular complexity index is 626. The summed E-state index contributed by atoms with van der Waals surface area (Å²) < 4.78 is 14.3. The fraction of sp³-hybridized carbons (Fsp3) is 0. The van der Waals surface area contributed by atoms with Crippen LogP contribution in [0, 0.1) is 5.82 Å². The van der Waals surface area contributed by atoms with Crippen molar-refractivity contribution in [1.29, 1.82) is 0 Å². The molecule has 0 aromatic heterocycles. The molecule has 3 nitrogen and oxygen atoms in total. The van der Waals surface area contributed by atoms with Crippen LogP contribution >= 0.6 is 15.9 Å². The van der Waals surface area contributed by atoms with E-state index in [0.717, 1.165) is 6.07 Å². The van der Waals surface area contributed by atoms with E-state index in [9.17, 15) is 14.3 Å². The van der Waals surface area contributed by atoms with Crippen molar-refractivity contribution in [2.75, 3.05) is 0 Å². The van der Waals surface area contributed by atoms with E-state index >= 15 is 0 Å². The summed E-state index contributed by atoms with van der Waals surface area (Å²) in [4.78, 5) is 10.7. The normalized spacial score (nSPS) is 10.3. The summed E-state index contributed by atoms with van der Waals surface area (Å²) in [6.45, 7) is 0. The average Bonchev–Trinajstić information content (AvgIpc) is 2.32. The number of carboxylic acids is 1. The second-order valence-electron chi connectivity index (χ2n) is 3.66. The number of carboxylic acid groups (broad SMARTS) is 1. The van der Waals surface area contributed by atoms with Gasteiger partial charge in [0, 0.05) is 15.6 Å². The highest BCUT2D eigenvalue weighted by molar-refractivity contribution is 9.10. The lowest BCUT2D eigenvalue weighted by Crippen LogP contribution is -1.96. The molecular weight excluding hydrogens is 303 g/mol. The molecule has 0 unspecified atom stereocenters. The van der Waals surface area contributed by atoms with Gasteiger partial charge in [0.2, 0.25) is 0 Å². The monoisotopic (exact) mass is 310 g/mol. The van der Waals surface area contributed by atoms with Crippen LogP contribution in [0.2, 0.25) is 0 Å². The van der Waals surface area contributed by atoms with Crippen LogP contribution in [0.5, 0.6) is 5.75 Å². The van der Waals surface area contributed by atoms with Gasteiger partial charge in [-0.1, -0.05) is 15.9 Å². The molecule has 0 aliphatic carbocycles. The molecule has 0 saturated heterocycles. The van der Waals surface area contributed by atoms with Crippen LogP contribution in [0.1, 0.15) is 10.4 Å². The Balaban J connectivity index is 2.58. The van der Waals surface area contributed by atoms with E-state index in [4.69, 9.17) is 5.11 Å². The highest BCUT2D eigenvalue weighted by Crippen LogP contribution is 2.33. The molecule has 0 fully saturated rings. The summed E-state index contributed by atoms with van der Waals surface area (Å²) in [5, 5.41) is 18.5. The fourth-order valence-electron chi connectivity index (χ4n) is 1.60. The van der Waals surface area contributed by atoms with E-state index in [2.05, 4.69) is 15.9 Å². The maximum Gasteiger partial charge on any atom is 0.335 e. The Morgan fingerprint density at radius 3 is 2.44 bits per heavy atom. The van der Waals surface area contributed by atoms with Crippen molar-refractivity contribution >= 4 is 21.9 Å². The van der Waals surface area contributed by atoms with Crippen LogP contribution in [-0.2, 0) is 0 Å². The van der Waals surface area contributed by atoms with Crippen LogP contribution in [-0.4, -0.2) is 16.2 Å². The number of hydrogen-bond acceptors (Lipinski definition) is 2. The molecule has 0 heterocycles. The highest BCUT2D eigenvalue weighted by atomic mass is 79.9. The Labute approximate surface area is 111 Å². The van der Waals surface area contributed by atoms with Crippen molar-refractivity contribution < 1.29 is 19.4 Å². The molecule has 92 valence electrons. The van der Waals surface area contributed by atoms with Gasteiger partial charge in [-0.05, 0) is 36.4 Å². The predicted octanol–water partition coefficient (Wildman–Crippen LogP) is 3.66. The maximum atomic E-state index is 13.6. The van der Waals surface area contributed by atoms with Gasteiger partial charge < -0.3 is 10.2 Å². The molecule has 0 saturated carbocycles. The van der Waals surface area contributed by atoms with Crippen LogP contribution in [0.15, 0.2) is 40.9 Å². The Morgan fingerprint density at radius 2 is 1.83 bits per heavy atom. The van der Waals surface area contributed by atoms with E-state index in [-0.39, 0.29) is 22.4 Å². The number of rotatable bonds is 2. The third-order valence-corrected chi connectivity index (χ3v) is 2.96. The van der Waals surface area contributed by atoms with Gasteiger partial charge in [0.05, 0.1) is 5.56 Å².